The molecule has 4 heteroatoms. The Morgan fingerprint density at radius 1 is 1.36 bits per heavy atom. The molecule has 0 amide bonds. The van der Waals surface area contributed by atoms with Gasteiger partial charge in [0.05, 0.1) is 11.9 Å². The van der Waals surface area contributed by atoms with Crippen molar-refractivity contribution in [2.75, 3.05) is 6.54 Å². The molecule has 0 bridgehead atoms. The smallest absolute Gasteiger partial charge is 0.0725 e. The topological polar surface area (TPSA) is 56.7 Å². The highest BCUT2D eigenvalue weighted by atomic mass is 15.4. The quantitative estimate of drug-likeness (QED) is 0.731. The molecule has 0 fully saturated rings. The molecule has 14 heavy (non-hydrogen) atoms. The SMILES string of the molecule is CC.CCc1cnnn1CCCCN. The average molecular weight is 198 g/mol. The predicted molar refractivity (Wildman–Crippen MR) is 59.0 cm³/mol. The molecule has 82 valence electrons. The van der Waals surface area contributed by atoms with Gasteiger partial charge in [0.2, 0.25) is 0 Å². The van der Waals surface area contributed by atoms with Crippen LogP contribution >= 0.6 is 0 Å². The Labute approximate surface area is 86.5 Å². The molecule has 0 saturated heterocycles. The number of hydrogen-bond acceptors (Lipinski definition) is 3. The monoisotopic (exact) mass is 198 g/mol. The molecule has 0 saturated carbocycles. The zero-order valence-corrected chi connectivity index (χ0v) is 9.53. The summed E-state index contributed by atoms with van der Waals surface area (Å²) in [7, 11) is 0. The fourth-order valence-electron chi connectivity index (χ4n) is 1.15. The second-order valence-corrected chi connectivity index (χ2v) is 2.80. The van der Waals surface area contributed by atoms with Crippen LogP contribution < -0.4 is 5.73 Å². The molecule has 2 N–H and O–H groups in total. The van der Waals surface area contributed by atoms with E-state index in [-0.39, 0.29) is 0 Å². The molecule has 0 aliphatic carbocycles. The van der Waals surface area contributed by atoms with Gasteiger partial charge in [0, 0.05) is 6.54 Å². The summed E-state index contributed by atoms with van der Waals surface area (Å²) in [5.74, 6) is 0. The number of aryl methyl sites for hydroxylation is 2. The average Bonchev–Trinajstić information content (AvgIpc) is 2.69. The maximum Gasteiger partial charge on any atom is 0.0725 e. The number of rotatable bonds is 5. The number of hydrogen-bond donors (Lipinski definition) is 1. The first-order chi connectivity index (χ1) is 6.88. The third kappa shape index (κ3) is 4.37. The zero-order valence-electron chi connectivity index (χ0n) is 9.53. The summed E-state index contributed by atoms with van der Waals surface area (Å²) in [6.45, 7) is 7.81. The van der Waals surface area contributed by atoms with Gasteiger partial charge < -0.3 is 5.73 Å². The first kappa shape index (κ1) is 13.1. The van der Waals surface area contributed by atoms with Gasteiger partial charge in [0.25, 0.3) is 0 Å². The third-order valence-electron chi connectivity index (χ3n) is 1.88. The van der Waals surface area contributed by atoms with E-state index in [1.54, 1.807) is 0 Å². The Morgan fingerprint density at radius 2 is 2.07 bits per heavy atom. The largest absolute Gasteiger partial charge is 0.330 e. The first-order valence-electron chi connectivity index (χ1n) is 5.46. The van der Waals surface area contributed by atoms with Crippen molar-refractivity contribution in [2.24, 2.45) is 5.73 Å². The van der Waals surface area contributed by atoms with Crippen LogP contribution in [0.25, 0.3) is 0 Å². The Kier molecular flexibility index (Phi) is 8.13. The molecule has 1 aromatic rings. The minimum Gasteiger partial charge on any atom is -0.330 e. The van der Waals surface area contributed by atoms with E-state index in [9.17, 15) is 0 Å². The highest BCUT2D eigenvalue weighted by Crippen LogP contribution is 1.99. The van der Waals surface area contributed by atoms with Crippen molar-refractivity contribution in [1.29, 1.82) is 0 Å². The van der Waals surface area contributed by atoms with E-state index in [0.717, 1.165) is 32.4 Å². The normalized spacial score (nSPS) is 9.43. The maximum absolute atomic E-state index is 5.39. The minimum atomic E-state index is 0.760. The molecular formula is C10H22N4. The van der Waals surface area contributed by atoms with E-state index in [4.69, 9.17) is 5.73 Å². The summed E-state index contributed by atoms with van der Waals surface area (Å²) in [6.07, 6.45) is 4.97. The Balaban J connectivity index is 0.000000791. The van der Waals surface area contributed by atoms with Gasteiger partial charge in [-0.2, -0.15) is 0 Å². The summed E-state index contributed by atoms with van der Waals surface area (Å²) < 4.78 is 1.95. The number of unbranched alkanes of at least 4 members (excludes halogenated alkanes) is 1. The van der Waals surface area contributed by atoms with E-state index in [1.807, 2.05) is 24.7 Å². The fourth-order valence-corrected chi connectivity index (χ4v) is 1.15. The van der Waals surface area contributed by atoms with Crippen LogP contribution in [0.3, 0.4) is 0 Å². The van der Waals surface area contributed by atoms with Crippen LogP contribution in [-0.4, -0.2) is 21.5 Å². The fraction of sp³-hybridized carbons (Fsp3) is 0.800. The second-order valence-electron chi connectivity index (χ2n) is 2.80. The van der Waals surface area contributed by atoms with Crippen molar-refractivity contribution in [3.8, 4) is 0 Å². The van der Waals surface area contributed by atoms with Gasteiger partial charge in [-0.3, -0.25) is 0 Å². The van der Waals surface area contributed by atoms with E-state index in [1.165, 1.54) is 5.69 Å². The third-order valence-corrected chi connectivity index (χ3v) is 1.88. The molecule has 0 aromatic carbocycles. The van der Waals surface area contributed by atoms with Gasteiger partial charge in [-0.05, 0) is 25.8 Å². The number of nitrogens with two attached hydrogens (primary N) is 1. The first-order valence-corrected chi connectivity index (χ1v) is 5.46. The van der Waals surface area contributed by atoms with E-state index in [0.29, 0.717) is 0 Å². The van der Waals surface area contributed by atoms with Crippen LogP contribution in [0.1, 0.15) is 39.3 Å². The highest BCUT2D eigenvalue weighted by Gasteiger charge is 1.99. The standard InChI is InChI=1S/C8H16N4.C2H6/c1-2-8-7-10-11-12(8)6-4-3-5-9;1-2/h7H,2-6,9H2,1H3;1-2H3. The van der Waals surface area contributed by atoms with Gasteiger partial charge >= 0.3 is 0 Å². The van der Waals surface area contributed by atoms with Crippen LogP contribution in [0.15, 0.2) is 6.20 Å². The molecule has 0 aliphatic rings. The van der Waals surface area contributed by atoms with Crippen molar-refractivity contribution in [3.63, 3.8) is 0 Å². The van der Waals surface area contributed by atoms with Gasteiger partial charge in [0.1, 0.15) is 0 Å². The molecule has 4 nitrogen and oxygen atoms in total. The molecule has 0 radical (unpaired) electrons. The van der Waals surface area contributed by atoms with E-state index < -0.39 is 0 Å². The van der Waals surface area contributed by atoms with Crippen LogP contribution in [0, 0.1) is 0 Å². The molecule has 0 spiro atoms. The van der Waals surface area contributed by atoms with Crippen molar-refractivity contribution in [1.82, 2.24) is 15.0 Å². The van der Waals surface area contributed by atoms with Gasteiger partial charge in [-0.1, -0.05) is 26.0 Å². The molecule has 0 atom stereocenters. The molecular weight excluding hydrogens is 176 g/mol. The van der Waals surface area contributed by atoms with Gasteiger partial charge in [-0.15, -0.1) is 5.10 Å². The molecule has 0 unspecified atom stereocenters. The Bertz CT molecular complexity index is 220. The molecule has 1 heterocycles. The van der Waals surface area contributed by atoms with Crippen LogP contribution in [0.2, 0.25) is 0 Å². The molecule has 1 rings (SSSR count). The molecule has 0 aliphatic heterocycles. The van der Waals surface area contributed by atoms with E-state index in [2.05, 4.69) is 17.2 Å². The Morgan fingerprint density at radius 3 is 2.64 bits per heavy atom. The molecule has 1 aromatic heterocycles. The van der Waals surface area contributed by atoms with Crippen LogP contribution in [0.4, 0.5) is 0 Å². The lowest BCUT2D eigenvalue weighted by Crippen LogP contribution is -2.07. The van der Waals surface area contributed by atoms with Gasteiger partial charge in [0.15, 0.2) is 0 Å². The van der Waals surface area contributed by atoms with Crippen molar-refractivity contribution in [2.45, 2.75) is 46.6 Å². The summed E-state index contributed by atoms with van der Waals surface area (Å²) in [5.41, 5.74) is 6.59. The lowest BCUT2D eigenvalue weighted by Gasteiger charge is -2.02. The van der Waals surface area contributed by atoms with Crippen LogP contribution in [-0.2, 0) is 13.0 Å². The Hall–Kier alpha value is -0.900. The number of aromatic nitrogens is 3. The predicted octanol–water partition coefficient (Wildman–Crippen LogP) is 1.61. The summed E-state index contributed by atoms with van der Waals surface area (Å²) in [5, 5.41) is 7.84. The van der Waals surface area contributed by atoms with Gasteiger partial charge in [-0.25, -0.2) is 4.68 Å². The lowest BCUT2D eigenvalue weighted by atomic mass is 10.3. The second kappa shape index (κ2) is 8.69. The van der Waals surface area contributed by atoms with Crippen LogP contribution in [0.5, 0.6) is 0 Å². The maximum atomic E-state index is 5.39. The van der Waals surface area contributed by atoms with Crippen molar-refractivity contribution < 1.29 is 0 Å². The zero-order chi connectivity index (χ0) is 10.8. The highest BCUT2D eigenvalue weighted by molar-refractivity contribution is 4.92. The summed E-state index contributed by atoms with van der Waals surface area (Å²) >= 11 is 0. The summed E-state index contributed by atoms with van der Waals surface area (Å²) in [6, 6.07) is 0. The van der Waals surface area contributed by atoms with Crippen molar-refractivity contribution >= 4 is 0 Å². The summed E-state index contributed by atoms with van der Waals surface area (Å²) in [4.78, 5) is 0. The number of nitrogens with zero attached hydrogens (tertiary/aromatic N) is 3. The lowest BCUT2D eigenvalue weighted by molar-refractivity contribution is 0.528. The minimum absolute atomic E-state index is 0.760. The van der Waals surface area contributed by atoms with Crippen molar-refractivity contribution in [3.05, 3.63) is 11.9 Å². The van der Waals surface area contributed by atoms with E-state index >= 15 is 0 Å².